The third-order valence-corrected chi connectivity index (χ3v) is 3.45. The molecule has 1 amide bonds. The highest BCUT2D eigenvalue weighted by Crippen LogP contribution is 2.37. The molecule has 1 saturated carbocycles. The van der Waals surface area contributed by atoms with Crippen LogP contribution in [0.4, 0.5) is 0 Å². The van der Waals surface area contributed by atoms with Crippen LogP contribution in [-0.2, 0) is 4.79 Å². The molecule has 1 aliphatic rings. The molecule has 1 heterocycles. The van der Waals surface area contributed by atoms with Crippen molar-refractivity contribution in [3.8, 4) is 0 Å². The zero-order chi connectivity index (χ0) is 11.6. The van der Waals surface area contributed by atoms with E-state index in [9.17, 15) is 4.79 Å². The number of amides is 1. The predicted octanol–water partition coefficient (Wildman–Crippen LogP) is 1.56. The van der Waals surface area contributed by atoms with E-state index in [0.717, 1.165) is 25.7 Å². The van der Waals surface area contributed by atoms with E-state index in [4.69, 9.17) is 0 Å². The van der Waals surface area contributed by atoms with Gasteiger partial charge in [-0.1, -0.05) is 19.8 Å². The van der Waals surface area contributed by atoms with Crippen molar-refractivity contribution in [1.82, 2.24) is 20.5 Å². The number of rotatable bonds is 3. The highest BCUT2D eigenvalue weighted by Gasteiger charge is 2.36. The Morgan fingerprint density at radius 2 is 2.25 bits per heavy atom. The molecule has 1 fully saturated rings. The second-order valence-corrected chi connectivity index (χ2v) is 4.83. The number of carbonyl (C=O) groups is 1. The van der Waals surface area contributed by atoms with Crippen LogP contribution in [0.2, 0.25) is 0 Å². The fourth-order valence-corrected chi connectivity index (χ4v) is 2.25. The molecule has 88 valence electrons. The fourth-order valence-electron chi connectivity index (χ4n) is 2.25. The maximum atomic E-state index is 12.1. The average molecular weight is 222 g/mol. The Kier molecular flexibility index (Phi) is 2.94. The van der Waals surface area contributed by atoms with E-state index in [2.05, 4.69) is 20.5 Å². The van der Waals surface area contributed by atoms with Crippen LogP contribution in [0.15, 0.2) is 6.33 Å². The molecule has 0 spiro atoms. The minimum absolute atomic E-state index is 0.104. The summed E-state index contributed by atoms with van der Waals surface area (Å²) < 4.78 is 0. The van der Waals surface area contributed by atoms with E-state index in [1.807, 2.05) is 13.8 Å². The molecule has 0 saturated heterocycles. The SMILES string of the molecule is CC(NC(=O)C1(C)CCCC1)c1ncn[nH]1. The van der Waals surface area contributed by atoms with E-state index in [1.54, 1.807) is 0 Å². The quantitative estimate of drug-likeness (QED) is 0.815. The third-order valence-electron chi connectivity index (χ3n) is 3.45. The van der Waals surface area contributed by atoms with Crippen LogP contribution in [0.3, 0.4) is 0 Å². The molecule has 1 unspecified atom stereocenters. The van der Waals surface area contributed by atoms with Crippen LogP contribution in [0.1, 0.15) is 51.4 Å². The first-order valence-electron chi connectivity index (χ1n) is 5.78. The van der Waals surface area contributed by atoms with Crippen molar-refractivity contribution in [2.24, 2.45) is 5.41 Å². The number of aromatic nitrogens is 3. The Balaban J connectivity index is 1.97. The monoisotopic (exact) mass is 222 g/mol. The largest absolute Gasteiger partial charge is 0.346 e. The standard InChI is InChI=1S/C11H18N4O/c1-8(9-12-7-13-15-9)14-10(16)11(2)5-3-4-6-11/h7-8H,3-6H2,1-2H3,(H,14,16)(H,12,13,15). The second-order valence-electron chi connectivity index (χ2n) is 4.83. The van der Waals surface area contributed by atoms with Gasteiger partial charge < -0.3 is 5.32 Å². The van der Waals surface area contributed by atoms with Crippen molar-refractivity contribution < 1.29 is 4.79 Å². The third kappa shape index (κ3) is 2.08. The lowest BCUT2D eigenvalue weighted by atomic mass is 9.87. The number of hydrogen-bond donors (Lipinski definition) is 2. The number of aromatic amines is 1. The molecule has 5 heteroatoms. The first-order valence-corrected chi connectivity index (χ1v) is 5.78. The maximum Gasteiger partial charge on any atom is 0.226 e. The van der Waals surface area contributed by atoms with Gasteiger partial charge in [0.25, 0.3) is 0 Å². The summed E-state index contributed by atoms with van der Waals surface area (Å²) in [4.78, 5) is 16.1. The lowest BCUT2D eigenvalue weighted by molar-refractivity contribution is -0.130. The predicted molar refractivity (Wildman–Crippen MR) is 59.5 cm³/mol. The first-order chi connectivity index (χ1) is 7.62. The molecule has 0 radical (unpaired) electrons. The molecular formula is C11H18N4O. The van der Waals surface area contributed by atoms with Gasteiger partial charge in [-0.25, -0.2) is 4.98 Å². The minimum Gasteiger partial charge on any atom is -0.346 e. The van der Waals surface area contributed by atoms with Crippen LogP contribution in [-0.4, -0.2) is 21.1 Å². The molecule has 0 bridgehead atoms. The molecule has 5 nitrogen and oxygen atoms in total. The summed E-state index contributed by atoms with van der Waals surface area (Å²) in [5, 5.41) is 9.54. The summed E-state index contributed by atoms with van der Waals surface area (Å²) in [7, 11) is 0. The summed E-state index contributed by atoms with van der Waals surface area (Å²) in [6, 6.07) is -0.104. The smallest absolute Gasteiger partial charge is 0.226 e. The fraction of sp³-hybridized carbons (Fsp3) is 0.727. The van der Waals surface area contributed by atoms with Crippen molar-refractivity contribution in [3.63, 3.8) is 0 Å². The van der Waals surface area contributed by atoms with Gasteiger partial charge in [0.2, 0.25) is 5.91 Å². The number of hydrogen-bond acceptors (Lipinski definition) is 3. The van der Waals surface area contributed by atoms with Crippen molar-refractivity contribution in [2.45, 2.75) is 45.6 Å². The van der Waals surface area contributed by atoms with Crippen molar-refractivity contribution in [3.05, 3.63) is 12.2 Å². The van der Waals surface area contributed by atoms with Gasteiger partial charge in [-0.2, -0.15) is 5.10 Å². The molecule has 1 aromatic heterocycles. The Hall–Kier alpha value is -1.39. The van der Waals surface area contributed by atoms with Crippen molar-refractivity contribution in [2.75, 3.05) is 0 Å². The van der Waals surface area contributed by atoms with Crippen LogP contribution in [0.25, 0.3) is 0 Å². The highest BCUT2D eigenvalue weighted by molar-refractivity contribution is 5.82. The Labute approximate surface area is 95.0 Å². The molecular weight excluding hydrogens is 204 g/mol. The second kappa shape index (κ2) is 4.23. The Bertz CT molecular complexity index is 354. The normalized spacial score (nSPS) is 20.6. The van der Waals surface area contributed by atoms with Crippen molar-refractivity contribution in [1.29, 1.82) is 0 Å². The van der Waals surface area contributed by atoms with E-state index in [1.165, 1.54) is 6.33 Å². The zero-order valence-corrected chi connectivity index (χ0v) is 9.79. The van der Waals surface area contributed by atoms with Crippen LogP contribution >= 0.6 is 0 Å². The lowest BCUT2D eigenvalue weighted by Gasteiger charge is -2.24. The van der Waals surface area contributed by atoms with E-state index >= 15 is 0 Å². The summed E-state index contributed by atoms with van der Waals surface area (Å²) >= 11 is 0. The van der Waals surface area contributed by atoms with Gasteiger partial charge >= 0.3 is 0 Å². The molecule has 1 aromatic rings. The summed E-state index contributed by atoms with van der Waals surface area (Å²) in [6.45, 7) is 3.96. The van der Waals surface area contributed by atoms with Crippen molar-refractivity contribution >= 4 is 5.91 Å². The van der Waals surface area contributed by atoms with Gasteiger partial charge in [0.05, 0.1) is 6.04 Å². The van der Waals surface area contributed by atoms with E-state index in [-0.39, 0.29) is 17.4 Å². The summed E-state index contributed by atoms with van der Waals surface area (Å²) in [5.41, 5.74) is -0.186. The highest BCUT2D eigenvalue weighted by atomic mass is 16.2. The topological polar surface area (TPSA) is 70.7 Å². The molecule has 2 N–H and O–H groups in total. The van der Waals surface area contributed by atoms with Gasteiger partial charge in [-0.3, -0.25) is 9.89 Å². The van der Waals surface area contributed by atoms with Crippen LogP contribution in [0.5, 0.6) is 0 Å². The average Bonchev–Trinajstić information content (AvgIpc) is 2.88. The maximum absolute atomic E-state index is 12.1. The summed E-state index contributed by atoms with van der Waals surface area (Å²) in [5.74, 6) is 0.837. The van der Waals surface area contributed by atoms with E-state index in [0.29, 0.717) is 5.82 Å². The Morgan fingerprint density at radius 3 is 2.81 bits per heavy atom. The molecule has 16 heavy (non-hydrogen) atoms. The van der Waals surface area contributed by atoms with Gasteiger partial charge in [0.1, 0.15) is 12.2 Å². The van der Waals surface area contributed by atoms with Crippen LogP contribution in [0, 0.1) is 5.41 Å². The molecule has 0 aromatic carbocycles. The number of carbonyl (C=O) groups excluding carboxylic acids is 1. The molecule has 1 atom stereocenters. The van der Waals surface area contributed by atoms with Gasteiger partial charge in [-0.15, -0.1) is 0 Å². The van der Waals surface area contributed by atoms with Gasteiger partial charge in [0, 0.05) is 5.41 Å². The van der Waals surface area contributed by atoms with Crippen LogP contribution < -0.4 is 5.32 Å². The lowest BCUT2D eigenvalue weighted by Crippen LogP contribution is -2.38. The van der Waals surface area contributed by atoms with E-state index < -0.39 is 0 Å². The van der Waals surface area contributed by atoms with Gasteiger partial charge in [-0.05, 0) is 19.8 Å². The molecule has 2 rings (SSSR count). The first kappa shape index (κ1) is 11.1. The number of nitrogens with zero attached hydrogens (tertiary/aromatic N) is 2. The zero-order valence-electron chi connectivity index (χ0n) is 9.79. The number of nitrogens with one attached hydrogen (secondary N) is 2. The molecule has 0 aliphatic heterocycles. The molecule has 1 aliphatic carbocycles. The van der Waals surface area contributed by atoms with Gasteiger partial charge in [0.15, 0.2) is 0 Å². The Morgan fingerprint density at radius 1 is 1.56 bits per heavy atom. The number of H-pyrrole nitrogens is 1. The minimum atomic E-state index is -0.186. The summed E-state index contributed by atoms with van der Waals surface area (Å²) in [6.07, 6.45) is 5.74.